The van der Waals surface area contributed by atoms with Gasteiger partial charge in [-0.3, -0.25) is 14.6 Å². The number of aromatic nitrogens is 1. The highest BCUT2D eigenvalue weighted by Gasteiger charge is 2.31. The zero-order valence-electron chi connectivity index (χ0n) is 11.8. The van der Waals surface area contributed by atoms with Crippen molar-refractivity contribution in [1.82, 2.24) is 14.4 Å². The molecule has 1 fully saturated rings. The van der Waals surface area contributed by atoms with Gasteiger partial charge in [0.2, 0.25) is 0 Å². The third-order valence-corrected chi connectivity index (χ3v) is 3.99. The molecule has 1 aliphatic rings. The van der Waals surface area contributed by atoms with E-state index < -0.39 is 0 Å². The van der Waals surface area contributed by atoms with E-state index in [9.17, 15) is 4.79 Å². The fraction of sp³-hybridized carbons (Fsp3) is 0.643. The van der Waals surface area contributed by atoms with Crippen molar-refractivity contribution in [3.05, 3.63) is 24.0 Å². The monoisotopic (exact) mass is 249 g/mol. The van der Waals surface area contributed by atoms with Crippen LogP contribution in [0.5, 0.6) is 0 Å². The SMILES string of the molecule is CN1CCN(CC(=O)c2cccn2C)CC1(C)C. The first-order valence-electron chi connectivity index (χ1n) is 6.48. The summed E-state index contributed by atoms with van der Waals surface area (Å²) in [5.74, 6) is 0.211. The molecule has 0 spiro atoms. The van der Waals surface area contributed by atoms with Gasteiger partial charge in [-0.2, -0.15) is 0 Å². The van der Waals surface area contributed by atoms with E-state index in [1.54, 1.807) is 0 Å². The minimum absolute atomic E-state index is 0.146. The highest BCUT2D eigenvalue weighted by Crippen LogP contribution is 2.19. The van der Waals surface area contributed by atoms with Crippen LogP contribution < -0.4 is 0 Å². The highest BCUT2D eigenvalue weighted by molar-refractivity contribution is 5.96. The summed E-state index contributed by atoms with van der Waals surface area (Å²) in [6, 6.07) is 3.81. The number of piperazine rings is 1. The number of Topliss-reactive ketones (excluding diaryl/α,β-unsaturated/α-hetero) is 1. The standard InChI is InChI=1S/C14H23N3O/c1-14(2)11-17(9-8-16(14)4)10-13(18)12-6-5-7-15(12)3/h5-7H,8-11H2,1-4H3. The summed E-state index contributed by atoms with van der Waals surface area (Å²) in [5, 5.41) is 0. The van der Waals surface area contributed by atoms with E-state index in [0.717, 1.165) is 25.3 Å². The normalized spacial score (nSPS) is 21.1. The Morgan fingerprint density at radius 1 is 1.33 bits per heavy atom. The van der Waals surface area contributed by atoms with Crippen molar-refractivity contribution in [2.45, 2.75) is 19.4 Å². The molecule has 18 heavy (non-hydrogen) atoms. The first kappa shape index (κ1) is 13.3. The molecule has 2 rings (SSSR count). The van der Waals surface area contributed by atoms with Crippen molar-refractivity contribution in [2.24, 2.45) is 7.05 Å². The summed E-state index contributed by atoms with van der Waals surface area (Å²) in [5.41, 5.74) is 0.943. The van der Waals surface area contributed by atoms with Crippen LogP contribution in [0.2, 0.25) is 0 Å². The number of nitrogens with zero attached hydrogens (tertiary/aromatic N) is 3. The predicted molar refractivity (Wildman–Crippen MR) is 72.9 cm³/mol. The Kier molecular flexibility index (Phi) is 3.59. The number of hydrogen-bond acceptors (Lipinski definition) is 3. The minimum atomic E-state index is 0.146. The number of ketones is 1. The van der Waals surface area contributed by atoms with E-state index in [0.29, 0.717) is 6.54 Å². The van der Waals surface area contributed by atoms with Crippen molar-refractivity contribution in [2.75, 3.05) is 33.2 Å². The second kappa shape index (κ2) is 4.86. The first-order chi connectivity index (χ1) is 8.40. The molecule has 4 heteroatoms. The number of likely N-dealkylation sites (N-methyl/N-ethyl adjacent to an activating group) is 1. The zero-order valence-corrected chi connectivity index (χ0v) is 11.8. The lowest BCUT2D eigenvalue weighted by Crippen LogP contribution is -2.58. The Morgan fingerprint density at radius 3 is 2.61 bits per heavy atom. The molecule has 0 atom stereocenters. The second-order valence-corrected chi connectivity index (χ2v) is 5.87. The van der Waals surface area contributed by atoms with Crippen LogP contribution in [0.4, 0.5) is 0 Å². The Morgan fingerprint density at radius 2 is 2.06 bits per heavy atom. The molecule has 2 heterocycles. The average Bonchev–Trinajstić information content (AvgIpc) is 2.69. The molecule has 0 N–H and O–H groups in total. The van der Waals surface area contributed by atoms with Gasteiger partial charge in [0.1, 0.15) is 0 Å². The molecular weight excluding hydrogens is 226 g/mol. The van der Waals surface area contributed by atoms with Crippen LogP contribution in [0.3, 0.4) is 0 Å². The Labute approximate surface area is 109 Å². The van der Waals surface area contributed by atoms with Gasteiger partial charge in [-0.05, 0) is 33.0 Å². The Hall–Kier alpha value is -1.13. The molecule has 100 valence electrons. The third kappa shape index (κ3) is 2.65. The van der Waals surface area contributed by atoms with Crippen LogP contribution in [0, 0.1) is 0 Å². The first-order valence-corrected chi connectivity index (χ1v) is 6.48. The molecule has 0 unspecified atom stereocenters. The maximum Gasteiger partial charge on any atom is 0.193 e. The van der Waals surface area contributed by atoms with Crippen molar-refractivity contribution in [1.29, 1.82) is 0 Å². The number of rotatable bonds is 3. The van der Waals surface area contributed by atoms with Gasteiger partial charge in [-0.1, -0.05) is 0 Å². The fourth-order valence-corrected chi connectivity index (χ4v) is 2.51. The van der Waals surface area contributed by atoms with E-state index in [1.165, 1.54) is 0 Å². The maximum absolute atomic E-state index is 12.2. The molecule has 1 aromatic heterocycles. The number of carbonyl (C=O) groups excluding carboxylic acids is 1. The topological polar surface area (TPSA) is 28.5 Å². The largest absolute Gasteiger partial charge is 0.348 e. The van der Waals surface area contributed by atoms with Crippen LogP contribution in [-0.2, 0) is 7.05 Å². The van der Waals surface area contributed by atoms with Crippen LogP contribution in [0.15, 0.2) is 18.3 Å². The summed E-state index contributed by atoms with van der Waals surface area (Å²) in [6.07, 6.45) is 1.92. The molecule has 4 nitrogen and oxygen atoms in total. The van der Waals surface area contributed by atoms with E-state index in [1.807, 2.05) is 29.9 Å². The maximum atomic E-state index is 12.2. The van der Waals surface area contributed by atoms with E-state index in [4.69, 9.17) is 0 Å². The molecule has 1 saturated heterocycles. The van der Waals surface area contributed by atoms with Crippen LogP contribution in [0.1, 0.15) is 24.3 Å². The van der Waals surface area contributed by atoms with Gasteiger partial charge in [-0.15, -0.1) is 0 Å². The van der Waals surface area contributed by atoms with E-state index in [2.05, 4.69) is 30.7 Å². The quantitative estimate of drug-likeness (QED) is 0.754. The van der Waals surface area contributed by atoms with Gasteiger partial charge in [0.05, 0.1) is 12.2 Å². The number of aryl methyl sites for hydroxylation is 1. The minimum Gasteiger partial charge on any atom is -0.348 e. The molecule has 0 radical (unpaired) electrons. The zero-order chi connectivity index (χ0) is 13.3. The third-order valence-electron chi connectivity index (χ3n) is 3.99. The summed E-state index contributed by atoms with van der Waals surface area (Å²) < 4.78 is 1.89. The summed E-state index contributed by atoms with van der Waals surface area (Å²) in [7, 11) is 4.07. The smallest absolute Gasteiger partial charge is 0.193 e. The number of hydrogen-bond donors (Lipinski definition) is 0. The summed E-state index contributed by atoms with van der Waals surface area (Å²) >= 11 is 0. The second-order valence-electron chi connectivity index (χ2n) is 5.87. The van der Waals surface area contributed by atoms with Gasteiger partial charge in [0.15, 0.2) is 5.78 Å². The van der Waals surface area contributed by atoms with E-state index >= 15 is 0 Å². The van der Waals surface area contributed by atoms with E-state index in [-0.39, 0.29) is 11.3 Å². The lowest BCUT2D eigenvalue weighted by atomic mass is 9.99. The number of carbonyl (C=O) groups is 1. The Bertz CT molecular complexity index is 436. The lowest BCUT2D eigenvalue weighted by molar-refractivity contribution is 0.0387. The predicted octanol–water partition coefficient (Wildman–Crippen LogP) is 1.23. The van der Waals surface area contributed by atoms with Crippen molar-refractivity contribution in [3.63, 3.8) is 0 Å². The molecule has 0 saturated carbocycles. The molecule has 0 aliphatic carbocycles. The van der Waals surface area contributed by atoms with Gasteiger partial charge in [-0.25, -0.2) is 0 Å². The van der Waals surface area contributed by atoms with Gasteiger partial charge in [0.25, 0.3) is 0 Å². The van der Waals surface area contributed by atoms with Crippen LogP contribution in [-0.4, -0.2) is 58.9 Å². The highest BCUT2D eigenvalue weighted by atomic mass is 16.1. The van der Waals surface area contributed by atoms with Crippen molar-refractivity contribution >= 4 is 5.78 Å². The van der Waals surface area contributed by atoms with Gasteiger partial charge >= 0.3 is 0 Å². The molecule has 1 aromatic rings. The molecule has 0 bridgehead atoms. The fourth-order valence-electron chi connectivity index (χ4n) is 2.51. The Balaban J connectivity index is 1.99. The summed E-state index contributed by atoms with van der Waals surface area (Å²) in [4.78, 5) is 16.8. The van der Waals surface area contributed by atoms with Crippen molar-refractivity contribution < 1.29 is 4.79 Å². The summed E-state index contributed by atoms with van der Waals surface area (Å²) in [6.45, 7) is 7.91. The van der Waals surface area contributed by atoms with Crippen LogP contribution in [0.25, 0.3) is 0 Å². The lowest BCUT2D eigenvalue weighted by Gasteiger charge is -2.45. The molecule has 0 amide bonds. The van der Waals surface area contributed by atoms with Gasteiger partial charge < -0.3 is 4.57 Å². The molecule has 1 aliphatic heterocycles. The van der Waals surface area contributed by atoms with Crippen LogP contribution >= 0.6 is 0 Å². The average molecular weight is 249 g/mol. The molecular formula is C14H23N3O. The van der Waals surface area contributed by atoms with Gasteiger partial charge in [0, 0.05) is 38.4 Å². The van der Waals surface area contributed by atoms with Crippen molar-refractivity contribution in [3.8, 4) is 0 Å². The molecule has 0 aromatic carbocycles.